The molecule has 0 spiro atoms. The van der Waals surface area contributed by atoms with Crippen molar-refractivity contribution in [3.63, 3.8) is 0 Å². The van der Waals surface area contributed by atoms with Gasteiger partial charge < -0.3 is 4.57 Å². The Hall–Kier alpha value is -2.02. The van der Waals surface area contributed by atoms with Crippen LogP contribution in [0.5, 0.6) is 0 Å². The molecule has 0 saturated heterocycles. The number of hydrogen-bond donors (Lipinski definition) is 0. The van der Waals surface area contributed by atoms with E-state index in [9.17, 15) is 0 Å². The first-order valence-corrected chi connectivity index (χ1v) is 5.29. The van der Waals surface area contributed by atoms with Gasteiger partial charge >= 0.3 is 0 Å². The van der Waals surface area contributed by atoms with Gasteiger partial charge in [-0.15, -0.1) is 6.58 Å². The van der Waals surface area contributed by atoms with Gasteiger partial charge in [0.05, 0.1) is 0 Å². The van der Waals surface area contributed by atoms with Gasteiger partial charge in [0, 0.05) is 28.0 Å². The Morgan fingerprint density at radius 3 is 2.62 bits per heavy atom. The number of benzene rings is 1. The largest absolute Gasteiger partial charge is 0.337 e. The first kappa shape index (κ1) is 10.5. The molecule has 80 valence electrons. The summed E-state index contributed by atoms with van der Waals surface area (Å²) in [6.45, 7) is 12.4. The van der Waals surface area contributed by atoms with Crippen molar-refractivity contribution in [2.24, 2.45) is 0 Å². The highest BCUT2D eigenvalue weighted by Crippen LogP contribution is 2.07. The molecule has 0 atom stereocenters. The third-order valence-corrected chi connectivity index (χ3v) is 2.72. The van der Waals surface area contributed by atoms with Crippen LogP contribution in [0.3, 0.4) is 0 Å². The number of fused-ring (bicyclic) bond motifs is 1. The molecule has 1 heterocycles. The third-order valence-electron chi connectivity index (χ3n) is 2.72. The van der Waals surface area contributed by atoms with E-state index >= 15 is 0 Å². The lowest BCUT2D eigenvalue weighted by Crippen LogP contribution is -2.27. The molecule has 0 aliphatic carbocycles. The maximum atomic E-state index is 4.13. The molecule has 16 heavy (non-hydrogen) atoms. The average molecular weight is 209 g/mol. The first-order chi connectivity index (χ1) is 7.79. The lowest BCUT2D eigenvalue weighted by atomic mass is 10.2. The Morgan fingerprint density at radius 1 is 1.19 bits per heavy atom. The number of nitrogens with zero attached hydrogens (tertiary/aromatic N) is 1. The van der Waals surface area contributed by atoms with Crippen LogP contribution in [0.1, 0.15) is 0 Å². The van der Waals surface area contributed by atoms with Gasteiger partial charge in [-0.3, -0.25) is 0 Å². The average Bonchev–Trinajstić information content (AvgIpc) is 2.56. The van der Waals surface area contributed by atoms with Gasteiger partial charge in [-0.1, -0.05) is 49.6 Å². The predicted octanol–water partition coefficient (Wildman–Crippen LogP) is 2.20. The van der Waals surface area contributed by atoms with Crippen molar-refractivity contribution in [3.05, 3.63) is 60.1 Å². The van der Waals surface area contributed by atoms with Gasteiger partial charge in [0.15, 0.2) is 0 Å². The molecule has 0 unspecified atom stereocenters. The van der Waals surface area contributed by atoms with Crippen molar-refractivity contribution in [2.45, 2.75) is 6.54 Å². The number of rotatable bonds is 3. The monoisotopic (exact) mass is 209 g/mol. The second-order valence-corrected chi connectivity index (χ2v) is 3.68. The minimum absolute atomic E-state index is 0.782. The molecule has 2 rings (SSSR count). The molecule has 2 aromatic rings. The van der Waals surface area contributed by atoms with E-state index in [-0.39, 0.29) is 0 Å². The molecule has 0 radical (unpaired) electrons. The summed E-state index contributed by atoms with van der Waals surface area (Å²) < 4.78 is 2.16. The molecule has 1 aromatic heterocycles. The molecular weight excluding hydrogens is 194 g/mol. The normalized spacial score (nSPS) is 11.9. The molecule has 0 fully saturated rings. The Morgan fingerprint density at radius 2 is 1.94 bits per heavy atom. The Labute approximate surface area is 95.3 Å². The zero-order valence-electron chi connectivity index (χ0n) is 9.32. The fourth-order valence-electron chi connectivity index (χ4n) is 2.02. The zero-order valence-corrected chi connectivity index (χ0v) is 9.32. The molecule has 0 N–H and O–H groups in total. The van der Waals surface area contributed by atoms with Crippen molar-refractivity contribution >= 4 is 23.6 Å². The third kappa shape index (κ3) is 1.50. The number of para-hydroxylation sites is 1. The van der Waals surface area contributed by atoms with Crippen molar-refractivity contribution in [2.75, 3.05) is 0 Å². The van der Waals surface area contributed by atoms with Crippen LogP contribution in [0.4, 0.5) is 0 Å². The second-order valence-electron chi connectivity index (χ2n) is 3.68. The van der Waals surface area contributed by atoms with Crippen LogP contribution < -0.4 is 10.6 Å². The summed E-state index contributed by atoms with van der Waals surface area (Å²) in [6.07, 6.45) is 5.69. The Bertz CT molecular complexity index is 644. The molecule has 1 nitrogen and oxygen atoms in total. The van der Waals surface area contributed by atoms with Crippen LogP contribution >= 0.6 is 0 Å². The van der Waals surface area contributed by atoms with Crippen LogP contribution in [0.15, 0.2) is 49.6 Å². The van der Waals surface area contributed by atoms with Crippen molar-refractivity contribution < 1.29 is 0 Å². The van der Waals surface area contributed by atoms with E-state index in [1.807, 2.05) is 24.3 Å². The van der Waals surface area contributed by atoms with E-state index in [0.29, 0.717) is 0 Å². The first-order valence-electron chi connectivity index (χ1n) is 5.29. The Balaban J connectivity index is 2.97. The van der Waals surface area contributed by atoms with Crippen molar-refractivity contribution in [1.82, 2.24) is 4.57 Å². The van der Waals surface area contributed by atoms with Crippen LogP contribution in [0.25, 0.3) is 23.6 Å². The fraction of sp³-hybridized carbons (Fsp3) is 0.0667. The number of aromatic nitrogens is 1. The SMILES string of the molecule is C=C/C=c1\c(=C)n(CC=C)c2ccccc12. The summed E-state index contributed by atoms with van der Waals surface area (Å²) in [6, 6.07) is 8.30. The molecule has 1 heteroatoms. The summed E-state index contributed by atoms with van der Waals surface area (Å²) in [7, 11) is 0. The van der Waals surface area contributed by atoms with Gasteiger partial charge in [-0.05, 0) is 6.07 Å². The van der Waals surface area contributed by atoms with E-state index in [1.54, 1.807) is 6.08 Å². The minimum Gasteiger partial charge on any atom is -0.337 e. The number of hydrogen-bond acceptors (Lipinski definition) is 0. The van der Waals surface area contributed by atoms with Crippen LogP contribution in [0, 0.1) is 0 Å². The molecule has 0 bridgehead atoms. The Kier molecular flexibility index (Phi) is 2.78. The van der Waals surface area contributed by atoms with E-state index < -0.39 is 0 Å². The fourth-order valence-corrected chi connectivity index (χ4v) is 2.02. The van der Waals surface area contributed by atoms with Crippen molar-refractivity contribution in [3.8, 4) is 0 Å². The molecular formula is C15H15N. The number of allylic oxidation sites excluding steroid dienone is 2. The van der Waals surface area contributed by atoms with Gasteiger partial charge in [0.25, 0.3) is 0 Å². The topological polar surface area (TPSA) is 4.93 Å². The molecule has 0 amide bonds. The van der Waals surface area contributed by atoms with Crippen LogP contribution in [-0.2, 0) is 6.54 Å². The quantitative estimate of drug-likeness (QED) is 0.683. The van der Waals surface area contributed by atoms with Crippen molar-refractivity contribution in [1.29, 1.82) is 0 Å². The highest BCUT2D eigenvalue weighted by Gasteiger charge is 2.03. The zero-order chi connectivity index (χ0) is 11.5. The molecule has 0 aliphatic rings. The maximum absolute atomic E-state index is 4.13. The highest BCUT2D eigenvalue weighted by atomic mass is 15.0. The predicted molar refractivity (Wildman–Crippen MR) is 71.6 cm³/mol. The maximum Gasteiger partial charge on any atom is 0.0494 e. The minimum atomic E-state index is 0.782. The molecule has 0 saturated carbocycles. The van der Waals surface area contributed by atoms with E-state index in [2.05, 4.69) is 36.4 Å². The molecule has 1 aromatic carbocycles. The summed E-state index contributed by atoms with van der Waals surface area (Å²) in [5.74, 6) is 0. The smallest absolute Gasteiger partial charge is 0.0494 e. The standard InChI is InChI=1S/C15H15N/c1-4-8-13-12(3)16(11-5-2)15-10-7-6-9-14(13)15/h4-10H,1-3,11H2/b13-8+. The van der Waals surface area contributed by atoms with Crippen LogP contribution in [-0.4, -0.2) is 4.57 Å². The van der Waals surface area contributed by atoms with Gasteiger partial charge in [-0.25, -0.2) is 0 Å². The lowest BCUT2D eigenvalue weighted by molar-refractivity contribution is 0.834. The van der Waals surface area contributed by atoms with E-state index in [1.165, 1.54) is 10.9 Å². The van der Waals surface area contributed by atoms with Gasteiger partial charge in [0.2, 0.25) is 0 Å². The van der Waals surface area contributed by atoms with Gasteiger partial charge in [-0.2, -0.15) is 0 Å². The van der Waals surface area contributed by atoms with Crippen LogP contribution in [0.2, 0.25) is 0 Å². The summed E-state index contributed by atoms with van der Waals surface area (Å²) >= 11 is 0. The summed E-state index contributed by atoms with van der Waals surface area (Å²) in [4.78, 5) is 0. The lowest BCUT2D eigenvalue weighted by Gasteiger charge is -2.00. The summed E-state index contributed by atoms with van der Waals surface area (Å²) in [5, 5.41) is 3.38. The highest BCUT2D eigenvalue weighted by molar-refractivity contribution is 5.82. The molecule has 0 aliphatic heterocycles. The second kappa shape index (κ2) is 4.23. The van der Waals surface area contributed by atoms with E-state index in [0.717, 1.165) is 17.1 Å². The van der Waals surface area contributed by atoms with E-state index in [4.69, 9.17) is 0 Å². The van der Waals surface area contributed by atoms with Gasteiger partial charge in [0.1, 0.15) is 0 Å². The summed E-state index contributed by atoms with van der Waals surface area (Å²) in [5.41, 5.74) is 1.19.